The number of nitro benzene ring substituents is 1. The first kappa shape index (κ1) is 19.5. The monoisotopic (exact) mass is 417 g/mol. The highest BCUT2D eigenvalue weighted by Crippen LogP contribution is 2.24. The van der Waals surface area contributed by atoms with Gasteiger partial charge in [-0.1, -0.05) is 18.2 Å². The second-order valence-corrected chi connectivity index (χ2v) is 9.02. The van der Waals surface area contributed by atoms with E-state index >= 15 is 0 Å². The van der Waals surface area contributed by atoms with E-state index in [2.05, 4.69) is 4.98 Å². The average Bonchev–Trinajstić information content (AvgIpc) is 3.10. The lowest BCUT2D eigenvalue weighted by molar-refractivity contribution is -0.918. The Balaban J connectivity index is 1.46. The van der Waals surface area contributed by atoms with E-state index in [-0.39, 0.29) is 10.6 Å². The maximum absolute atomic E-state index is 13.0. The molecule has 0 radical (unpaired) electrons. The van der Waals surface area contributed by atoms with E-state index in [1.54, 1.807) is 6.92 Å². The number of benzene rings is 2. The van der Waals surface area contributed by atoms with Gasteiger partial charge in [0.25, 0.3) is 11.6 Å². The van der Waals surface area contributed by atoms with Gasteiger partial charge >= 0.3 is 0 Å². The number of hydrogen-bond acceptors (Lipinski definition) is 6. The van der Waals surface area contributed by atoms with Gasteiger partial charge in [-0.15, -0.1) is 0 Å². The van der Waals surface area contributed by atoms with Crippen molar-refractivity contribution >= 4 is 26.8 Å². The third kappa shape index (κ3) is 3.86. The second kappa shape index (κ2) is 7.54. The highest BCUT2D eigenvalue weighted by Gasteiger charge is 2.32. The molecule has 0 spiro atoms. The molecule has 9 nitrogen and oxygen atoms in total. The maximum Gasteiger partial charge on any atom is 0.270 e. The quantitative estimate of drug-likeness (QED) is 0.492. The zero-order valence-corrected chi connectivity index (χ0v) is 16.7. The van der Waals surface area contributed by atoms with Crippen LogP contribution in [0.2, 0.25) is 0 Å². The van der Waals surface area contributed by atoms with E-state index in [9.17, 15) is 18.5 Å². The summed E-state index contributed by atoms with van der Waals surface area (Å²) in [6.07, 6.45) is 0. The van der Waals surface area contributed by atoms with Crippen molar-refractivity contribution in [3.05, 3.63) is 64.0 Å². The Morgan fingerprint density at radius 1 is 1.21 bits per heavy atom. The molecule has 0 aliphatic carbocycles. The van der Waals surface area contributed by atoms with Crippen LogP contribution in [-0.4, -0.2) is 48.8 Å². The van der Waals surface area contributed by atoms with Gasteiger partial charge in [0.1, 0.15) is 5.52 Å². The fraction of sp³-hybridized carbons (Fsp3) is 0.316. The molecule has 0 saturated carbocycles. The molecule has 1 aromatic heterocycles. The number of fused-ring (bicyclic) bond motifs is 1. The predicted molar refractivity (Wildman–Crippen MR) is 105 cm³/mol. The number of non-ortho nitro benzene ring substituents is 1. The summed E-state index contributed by atoms with van der Waals surface area (Å²) < 4.78 is 33.2. The van der Waals surface area contributed by atoms with Crippen molar-refractivity contribution in [2.24, 2.45) is 0 Å². The molecule has 0 bridgehead atoms. The topological polar surface area (TPSA) is 111 Å². The molecule has 4 rings (SSSR count). The van der Waals surface area contributed by atoms with Crippen molar-refractivity contribution in [3.63, 3.8) is 0 Å². The van der Waals surface area contributed by atoms with Crippen LogP contribution in [0.1, 0.15) is 11.5 Å². The fourth-order valence-electron chi connectivity index (χ4n) is 3.55. The van der Waals surface area contributed by atoms with E-state index in [1.807, 2.05) is 24.3 Å². The summed E-state index contributed by atoms with van der Waals surface area (Å²) in [5.74, 6) is 0.632. The summed E-state index contributed by atoms with van der Waals surface area (Å²) in [4.78, 5) is 16.1. The van der Waals surface area contributed by atoms with Gasteiger partial charge in [-0.3, -0.25) is 10.1 Å². The second-order valence-electron chi connectivity index (χ2n) is 7.11. The van der Waals surface area contributed by atoms with E-state index in [4.69, 9.17) is 4.42 Å². The first-order valence-corrected chi connectivity index (χ1v) is 10.7. The zero-order valence-electron chi connectivity index (χ0n) is 15.9. The minimum absolute atomic E-state index is 0.00546. The number of nitrogens with zero attached hydrogens (tertiary/aromatic N) is 3. The number of nitrogens with one attached hydrogen (secondary N) is 1. The smallest absolute Gasteiger partial charge is 0.270 e. The summed E-state index contributed by atoms with van der Waals surface area (Å²) in [7, 11) is -3.79. The van der Waals surface area contributed by atoms with Crippen LogP contribution in [0.4, 0.5) is 5.69 Å². The van der Waals surface area contributed by atoms with Crippen LogP contribution in [-0.2, 0) is 16.6 Å². The fourth-order valence-corrected chi connectivity index (χ4v) is 5.23. The van der Waals surface area contributed by atoms with Crippen LogP contribution in [0, 0.1) is 17.0 Å². The van der Waals surface area contributed by atoms with Crippen molar-refractivity contribution in [1.82, 2.24) is 9.29 Å². The molecular formula is C19H21N4O5S+. The Kier molecular flexibility index (Phi) is 5.07. The molecule has 0 atom stereocenters. The Bertz CT molecular complexity index is 1130. The van der Waals surface area contributed by atoms with Crippen molar-refractivity contribution in [3.8, 4) is 0 Å². The number of para-hydroxylation sites is 2. The lowest BCUT2D eigenvalue weighted by atomic mass is 10.2. The third-order valence-electron chi connectivity index (χ3n) is 5.17. The molecule has 2 heterocycles. The molecule has 29 heavy (non-hydrogen) atoms. The first-order valence-electron chi connectivity index (χ1n) is 9.28. The number of hydrogen-bond donors (Lipinski definition) is 1. The van der Waals surface area contributed by atoms with Crippen LogP contribution in [0.15, 0.2) is 51.8 Å². The molecule has 2 aromatic carbocycles. The van der Waals surface area contributed by atoms with Crippen molar-refractivity contribution in [2.45, 2.75) is 18.4 Å². The Morgan fingerprint density at radius 2 is 1.93 bits per heavy atom. The average molecular weight is 417 g/mol. The van der Waals surface area contributed by atoms with Crippen molar-refractivity contribution < 1.29 is 22.7 Å². The Morgan fingerprint density at radius 3 is 2.62 bits per heavy atom. The van der Waals surface area contributed by atoms with E-state index < -0.39 is 14.9 Å². The molecule has 1 fully saturated rings. The highest BCUT2D eigenvalue weighted by molar-refractivity contribution is 7.89. The van der Waals surface area contributed by atoms with Gasteiger partial charge in [0.15, 0.2) is 12.1 Å². The molecule has 1 aliphatic heterocycles. The van der Waals surface area contributed by atoms with Crippen molar-refractivity contribution in [1.29, 1.82) is 0 Å². The molecular weight excluding hydrogens is 396 g/mol. The van der Waals surface area contributed by atoms with E-state index in [0.717, 1.165) is 17.2 Å². The number of aromatic nitrogens is 1. The Hall–Kier alpha value is -2.82. The third-order valence-corrected chi connectivity index (χ3v) is 7.21. The zero-order chi connectivity index (χ0) is 20.6. The molecule has 0 unspecified atom stereocenters. The number of quaternary nitrogens is 1. The first-order chi connectivity index (χ1) is 13.8. The number of aryl methyl sites for hydroxylation is 1. The minimum atomic E-state index is -3.79. The summed E-state index contributed by atoms with van der Waals surface area (Å²) in [5, 5.41) is 11.0. The van der Waals surface area contributed by atoms with Gasteiger partial charge in [0.2, 0.25) is 10.0 Å². The van der Waals surface area contributed by atoms with Gasteiger partial charge in [0, 0.05) is 12.1 Å². The number of piperazine rings is 1. The van der Waals surface area contributed by atoms with Gasteiger partial charge < -0.3 is 9.32 Å². The molecule has 1 N–H and O–H groups in total. The van der Waals surface area contributed by atoms with Gasteiger partial charge in [-0.25, -0.2) is 13.4 Å². The SMILES string of the molecule is Cc1ccc([N+](=O)[O-])cc1S(=O)(=O)N1CC[NH+](Cc2nc3ccccc3o2)CC1. The Labute approximate surface area is 167 Å². The number of oxazole rings is 1. The summed E-state index contributed by atoms with van der Waals surface area (Å²) in [6, 6.07) is 11.5. The lowest BCUT2D eigenvalue weighted by Gasteiger charge is -2.31. The molecule has 1 saturated heterocycles. The van der Waals surface area contributed by atoms with E-state index in [1.165, 1.54) is 21.3 Å². The number of rotatable bonds is 5. The van der Waals surface area contributed by atoms with Crippen LogP contribution in [0.3, 0.4) is 0 Å². The molecule has 3 aromatic rings. The summed E-state index contributed by atoms with van der Waals surface area (Å²) in [5.41, 5.74) is 1.82. The molecule has 10 heteroatoms. The van der Waals surface area contributed by atoms with Crippen LogP contribution >= 0.6 is 0 Å². The largest absolute Gasteiger partial charge is 0.435 e. The highest BCUT2D eigenvalue weighted by atomic mass is 32.2. The van der Waals surface area contributed by atoms with Gasteiger partial charge in [0.05, 0.1) is 36.0 Å². The van der Waals surface area contributed by atoms with Gasteiger partial charge in [-0.2, -0.15) is 4.31 Å². The minimum Gasteiger partial charge on any atom is -0.435 e. The summed E-state index contributed by atoms with van der Waals surface area (Å²) >= 11 is 0. The standard InChI is InChI=1S/C19H20N4O5S/c1-14-6-7-15(23(24)25)12-18(14)29(26,27)22-10-8-21(9-11-22)13-19-20-16-4-2-3-5-17(16)28-19/h2-7,12H,8-11,13H2,1H3/p+1. The normalized spacial score (nSPS) is 16.3. The lowest BCUT2D eigenvalue weighted by Crippen LogP contribution is -3.13. The van der Waals surface area contributed by atoms with Crippen LogP contribution < -0.4 is 4.90 Å². The molecule has 1 aliphatic rings. The predicted octanol–water partition coefficient (Wildman–Crippen LogP) is 1.13. The summed E-state index contributed by atoms with van der Waals surface area (Å²) in [6.45, 7) is 4.10. The maximum atomic E-state index is 13.0. The van der Waals surface area contributed by atoms with Crippen LogP contribution in [0.5, 0.6) is 0 Å². The van der Waals surface area contributed by atoms with Gasteiger partial charge in [-0.05, 0) is 24.6 Å². The number of nitro groups is 1. The van der Waals surface area contributed by atoms with E-state index in [0.29, 0.717) is 44.2 Å². The molecule has 0 amide bonds. The number of sulfonamides is 1. The van der Waals surface area contributed by atoms with Crippen molar-refractivity contribution in [2.75, 3.05) is 26.2 Å². The van der Waals surface area contributed by atoms with Crippen LogP contribution in [0.25, 0.3) is 11.1 Å². The molecule has 152 valence electrons.